The summed E-state index contributed by atoms with van der Waals surface area (Å²) in [6, 6.07) is 5.38. The maximum absolute atomic E-state index is 12.3. The van der Waals surface area contributed by atoms with E-state index in [9.17, 15) is 4.79 Å². The Kier molecular flexibility index (Phi) is 5.67. The summed E-state index contributed by atoms with van der Waals surface area (Å²) in [5, 5.41) is 4.45. The van der Waals surface area contributed by atoms with Crippen molar-refractivity contribution in [3.8, 4) is 0 Å². The number of rotatable bonds is 5. The van der Waals surface area contributed by atoms with Crippen LogP contribution in [0, 0.1) is 6.92 Å². The molecule has 0 unspecified atom stereocenters. The summed E-state index contributed by atoms with van der Waals surface area (Å²) >= 11 is 9.43. The second kappa shape index (κ2) is 6.58. The van der Waals surface area contributed by atoms with Crippen LogP contribution in [0.4, 0.5) is 0 Å². The Bertz CT molecular complexity index is 422. The minimum absolute atomic E-state index is 0.0573. The summed E-state index contributed by atoms with van der Waals surface area (Å²) in [7, 11) is 0. The third-order valence-corrected chi connectivity index (χ3v) is 4.74. The van der Waals surface area contributed by atoms with Gasteiger partial charge < -0.3 is 5.32 Å². The number of hydrogen-bond donors (Lipinski definition) is 1. The predicted octanol–water partition coefficient (Wildman–Crippen LogP) is 4.33. The summed E-state index contributed by atoms with van der Waals surface area (Å²) in [4.78, 5) is 12.3. The van der Waals surface area contributed by atoms with Gasteiger partial charge in [0.25, 0.3) is 5.91 Å². The zero-order chi connectivity index (χ0) is 13.8. The van der Waals surface area contributed by atoms with E-state index in [4.69, 9.17) is 11.6 Å². The maximum Gasteiger partial charge on any atom is 0.252 e. The van der Waals surface area contributed by atoms with E-state index in [2.05, 4.69) is 35.1 Å². The van der Waals surface area contributed by atoms with E-state index in [-0.39, 0.29) is 11.4 Å². The fraction of sp³-hybridized carbons (Fsp3) is 0.500. The molecule has 0 saturated carbocycles. The van der Waals surface area contributed by atoms with E-state index in [1.54, 1.807) is 12.1 Å². The van der Waals surface area contributed by atoms with Crippen LogP contribution in [0.3, 0.4) is 0 Å². The van der Waals surface area contributed by atoms with Gasteiger partial charge in [-0.05, 0) is 37.5 Å². The standard InChI is InChI=1S/C14H19BrClNO/c1-4-14(5-2,9-15)17-13(18)12-8-11(16)7-6-10(12)3/h6-8H,4-5,9H2,1-3H3,(H,17,18). The Morgan fingerprint density at radius 1 is 1.39 bits per heavy atom. The fourth-order valence-electron chi connectivity index (χ4n) is 1.80. The summed E-state index contributed by atoms with van der Waals surface area (Å²) in [5.74, 6) is -0.0573. The van der Waals surface area contributed by atoms with Crippen molar-refractivity contribution in [2.24, 2.45) is 0 Å². The van der Waals surface area contributed by atoms with Gasteiger partial charge in [0.15, 0.2) is 0 Å². The summed E-state index contributed by atoms with van der Waals surface area (Å²) in [5.41, 5.74) is 1.40. The van der Waals surface area contributed by atoms with Crippen LogP contribution in [-0.2, 0) is 0 Å². The molecule has 0 aliphatic carbocycles. The zero-order valence-corrected chi connectivity index (χ0v) is 13.4. The van der Waals surface area contributed by atoms with E-state index < -0.39 is 0 Å². The summed E-state index contributed by atoms with van der Waals surface area (Å²) in [6.45, 7) is 6.07. The van der Waals surface area contributed by atoms with E-state index >= 15 is 0 Å². The molecule has 0 aliphatic heterocycles. The van der Waals surface area contributed by atoms with Gasteiger partial charge in [-0.2, -0.15) is 0 Å². The molecule has 0 saturated heterocycles. The van der Waals surface area contributed by atoms with Crippen LogP contribution >= 0.6 is 27.5 Å². The Hall–Kier alpha value is -0.540. The van der Waals surface area contributed by atoms with Crippen molar-refractivity contribution in [2.75, 3.05) is 5.33 Å². The molecule has 0 aliphatic rings. The lowest BCUT2D eigenvalue weighted by Gasteiger charge is -2.31. The van der Waals surface area contributed by atoms with Crippen molar-refractivity contribution < 1.29 is 4.79 Å². The molecule has 1 aromatic carbocycles. The zero-order valence-electron chi connectivity index (χ0n) is 11.0. The van der Waals surface area contributed by atoms with E-state index in [1.807, 2.05) is 13.0 Å². The molecule has 0 heterocycles. The highest BCUT2D eigenvalue weighted by Crippen LogP contribution is 2.21. The molecule has 4 heteroatoms. The quantitative estimate of drug-likeness (QED) is 0.799. The van der Waals surface area contributed by atoms with E-state index in [1.165, 1.54) is 0 Å². The Morgan fingerprint density at radius 3 is 2.50 bits per heavy atom. The van der Waals surface area contributed by atoms with Gasteiger partial charge in [-0.1, -0.05) is 47.4 Å². The molecular weight excluding hydrogens is 314 g/mol. The number of halogens is 2. The lowest BCUT2D eigenvalue weighted by molar-refractivity contribution is 0.0903. The number of aryl methyl sites for hydroxylation is 1. The molecule has 1 amide bonds. The number of nitrogens with one attached hydrogen (secondary N) is 1. The molecule has 0 bridgehead atoms. The highest BCUT2D eigenvalue weighted by molar-refractivity contribution is 9.09. The summed E-state index contributed by atoms with van der Waals surface area (Å²) < 4.78 is 0. The lowest BCUT2D eigenvalue weighted by Crippen LogP contribution is -2.49. The van der Waals surface area contributed by atoms with Gasteiger partial charge in [0, 0.05) is 21.5 Å². The largest absolute Gasteiger partial charge is 0.346 e. The van der Waals surface area contributed by atoms with Crippen LogP contribution in [0.5, 0.6) is 0 Å². The van der Waals surface area contributed by atoms with E-state index in [0.29, 0.717) is 10.6 Å². The number of benzene rings is 1. The SMILES string of the molecule is CCC(CC)(CBr)NC(=O)c1cc(Cl)ccc1C. The number of carbonyl (C=O) groups is 1. The number of amides is 1. The van der Waals surface area contributed by atoms with Gasteiger partial charge in [0.1, 0.15) is 0 Å². The van der Waals surface area contributed by atoms with Crippen molar-refractivity contribution in [3.63, 3.8) is 0 Å². The average Bonchev–Trinajstić information content (AvgIpc) is 2.38. The maximum atomic E-state index is 12.3. The molecule has 0 aromatic heterocycles. The third-order valence-electron chi connectivity index (χ3n) is 3.43. The second-order valence-corrected chi connectivity index (χ2v) is 5.53. The minimum atomic E-state index is -0.189. The molecule has 0 radical (unpaired) electrons. The van der Waals surface area contributed by atoms with Gasteiger partial charge >= 0.3 is 0 Å². The Labute approximate surface area is 122 Å². The van der Waals surface area contributed by atoms with E-state index in [0.717, 1.165) is 23.7 Å². The monoisotopic (exact) mass is 331 g/mol. The van der Waals surface area contributed by atoms with Crippen molar-refractivity contribution in [1.82, 2.24) is 5.32 Å². The first kappa shape index (κ1) is 15.5. The molecule has 1 aromatic rings. The van der Waals surface area contributed by atoms with Gasteiger partial charge in [-0.15, -0.1) is 0 Å². The van der Waals surface area contributed by atoms with Crippen molar-refractivity contribution in [2.45, 2.75) is 39.2 Å². The smallest absolute Gasteiger partial charge is 0.252 e. The molecule has 2 nitrogen and oxygen atoms in total. The normalized spacial score (nSPS) is 11.4. The molecule has 0 fully saturated rings. The lowest BCUT2D eigenvalue weighted by atomic mass is 9.94. The number of carbonyl (C=O) groups excluding carboxylic acids is 1. The summed E-state index contributed by atoms with van der Waals surface area (Å²) in [6.07, 6.45) is 1.78. The molecular formula is C14H19BrClNO. The highest BCUT2D eigenvalue weighted by Gasteiger charge is 2.27. The van der Waals surface area contributed by atoms with Gasteiger partial charge in [-0.25, -0.2) is 0 Å². The van der Waals surface area contributed by atoms with Crippen LogP contribution in [0.2, 0.25) is 5.02 Å². The topological polar surface area (TPSA) is 29.1 Å². The van der Waals surface area contributed by atoms with Crippen molar-refractivity contribution >= 4 is 33.4 Å². The first-order valence-electron chi connectivity index (χ1n) is 6.12. The van der Waals surface area contributed by atoms with Crippen LogP contribution in [-0.4, -0.2) is 16.8 Å². The molecule has 18 heavy (non-hydrogen) atoms. The first-order chi connectivity index (χ1) is 8.48. The number of alkyl halides is 1. The number of hydrogen-bond acceptors (Lipinski definition) is 1. The van der Waals surface area contributed by atoms with Crippen molar-refractivity contribution in [1.29, 1.82) is 0 Å². The van der Waals surface area contributed by atoms with Gasteiger partial charge in [0.05, 0.1) is 0 Å². The fourth-order valence-corrected chi connectivity index (χ4v) is 2.90. The van der Waals surface area contributed by atoms with Gasteiger partial charge in [-0.3, -0.25) is 4.79 Å². The van der Waals surface area contributed by atoms with Crippen LogP contribution in [0.15, 0.2) is 18.2 Å². The minimum Gasteiger partial charge on any atom is -0.346 e. The Balaban J connectivity index is 2.97. The van der Waals surface area contributed by atoms with Crippen LogP contribution in [0.25, 0.3) is 0 Å². The molecule has 100 valence electrons. The molecule has 0 atom stereocenters. The predicted molar refractivity (Wildman–Crippen MR) is 80.8 cm³/mol. The molecule has 1 N–H and O–H groups in total. The average molecular weight is 333 g/mol. The highest BCUT2D eigenvalue weighted by atomic mass is 79.9. The van der Waals surface area contributed by atoms with Crippen molar-refractivity contribution in [3.05, 3.63) is 34.3 Å². The molecule has 0 spiro atoms. The Morgan fingerprint density at radius 2 is 2.00 bits per heavy atom. The van der Waals surface area contributed by atoms with Crippen LogP contribution in [0.1, 0.15) is 42.6 Å². The molecule has 1 rings (SSSR count). The first-order valence-corrected chi connectivity index (χ1v) is 7.62. The van der Waals surface area contributed by atoms with Crippen LogP contribution < -0.4 is 5.32 Å². The van der Waals surface area contributed by atoms with Gasteiger partial charge in [0.2, 0.25) is 0 Å². The third kappa shape index (κ3) is 3.48. The second-order valence-electron chi connectivity index (χ2n) is 4.53.